The third kappa shape index (κ3) is 3.19. The van der Waals surface area contributed by atoms with E-state index in [4.69, 9.17) is 5.26 Å². The van der Waals surface area contributed by atoms with Crippen molar-refractivity contribution in [1.29, 1.82) is 5.26 Å². The van der Waals surface area contributed by atoms with Gasteiger partial charge in [0.25, 0.3) is 0 Å². The summed E-state index contributed by atoms with van der Waals surface area (Å²) >= 11 is 0. The molecule has 1 saturated carbocycles. The number of carbonyl (C=O) groups excluding carboxylic acids is 1. The summed E-state index contributed by atoms with van der Waals surface area (Å²) in [5.74, 6) is 0.242. The molecule has 1 atom stereocenters. The fourth-order valence-corrected chi connectivity index (χ4v) is 3.15. The lowest BCUT2D eigenvalue weighted by Gasteiger charge is -2.46. The summed E-state index contributed by atoms with van der Waals surface area (Å²) < 4.78 is 0. The van der Waals surface area contributed by atoms with E-state index in [2.05, 4.69) is 26.8 Å². The highest BCUT2D eigenvalue weighted by Gasteiger charge is 2.41. The molecule has 17 heavy (non-hydrogen) atoms. The van der Waals surface area contributed by atoms with Crippen molar-refractivity contribution in [1.82, 2.24) is 0 Å². The zero-order valence-corrected chi connectivity index (χ0v) is 11.5. The van der Waals surface area contributed by atoms with Gasteiger partial charge in [-0.2, -0.15) is 5.26 Å². The van der Waals surface area contributed by atoms with Gasteiger partial charge in [-0.25, -0.2) is 0 Å². The normalized spacial score (nSPS) is 29.9. The molecule has 1 unspecified atom stereocenters. The summed E-state index contributed by atoms with van der Waals surface area (Å²) in [6.45, 7) is 8.27. The fourth-order valence-electron chi connectivity index (χ4n) is 3.15. The largest absolute Gasteiger partial charge is 0.300 e. The van der Waals surface area contributed by atoms with Crippen LogP contribution in [0.1, 0.15) is 59.8 Å². The Hall–Kier alpha value is -1.10. The van der Waals surface area contributed by atoms with Crippen molar-refractivity contribution in [3.05, 3.63) is 11.6 Å². The highest BCUT2D eigenvalue weighted by molar-refractivity contribution is 5.75. The summed E-state index contributed by atoms with van der Waals surface area (Å²) in [7, 11) is 0. The third-order valence-electron chi connectivity index (χ3n) is 4.15. The maximum absolute atomic E-state index is 11.2. The highest BCUT2D eigenvalue weighted by atomic mass is 16.1. The predicted molar refractivity (Wildman–Crippen MR) is 69.4 cm³/mol. The maximum atomic E-state index is 11.2. The second kappa shape index (κ2) is 5.04. The van der Waals surface area contributed by atoms with Crippen molar-refractivity contribution >= 4 is 5.78 Å². The monoisotopic (exact) mass is 233 g/mol. The number of nitrogens with zero attached hydrogens (tertiary/aromatic N) is 1. The van der Waals surface area contributed by atoms with Crippen LogP contribution in [0.15, 0.2) is 11.6 Å². The van der Waals surface area contributed by atoms with E-state index in [1.54, 1.807) is 13.0 Å². The zero-order valence-electron chi connectivity index (χ0n) is 11.5. The summed E-state index contributed by atoms with van der Waals surface area (Å²) in [6.07, 6.45) is 6.63. The second-order valence-corrected chi connectivity index (χ2v) is 6.19. The van der Waals surface area contributed by atoms with E-state index in [0.29, 0.717) is 6.42 Å². The minimum absolute atomic E-state index is 0.0309. The van der Waals surface area contributed by atoms with Crippen LogP contribution in [-0.4, -0.2) is 5.78 Å². The molecular formula is C15H23NO. The number of Topliss-reactive ketones (excluding diaryl/α,β-unsaturated/α-hetero) is 1. The van der Waals surface area contributed by atoms with E-state index < -0.39 is 0 Å². The molecule has 2 nitrogen and oxygen atoms in total. The lowest BCUT2D eigenvalue weighted by molar-refractivity contribution is -0.117. The van der Waals surface area contributed by atoms with Gasteiger partial charge in [0.15, 0.2) is 0 Å². The quantitative estimate of drug-likeness (QED) is 0.691. The van der Waals surface area contributed by atoms with Gasteiger partial charge in [-0.15, -0.1) is 0 Å². The topological polar surface area (TPSA) is 40.9 Å². The van der Waals surface area contributed by atoms with Crippen molar-refractivity contribution in [2.45, 2.75) is 59.8 Å². The number of rotatable bonds is 3. The summed E-state index contributed by atoms with van der Waals surface area (Å²) in [4.78, 5) is 11.2. The average Bonchev–Trinajstić information content (AvgIpc) is 2.21. The molecule has 0 radical (unpaired) electrons. The third-order valence-corrected chi connectivity index (χ3v) is 4.15. The van der Waals surface area contributed by atoms with Crippen LogP contribution in [0.4, 0.5) is 0 Å². The van der Waals surface area contributed by atoms with E-state index in [1.165, 1.54) is 12.0 Å². The standard InChI is InChI=1S/C15H23NO/c1-12(17)6-10-15(4)9-5-8-14(2,3)13(15)7-11-16/h7H,5-6,8-10H2,1-4H3. The first-order chi connectivity index (χ1) is 7.82. The molecule has 1 aliphatic carbocycles. The molecule has 0 amide bonds. The Morgan fingerprint density at radius 3 is 2.59 bits per heavy atom. The molecule has 0 aromatic carbocycles. The molecule has 1 fully saturated rings. The van der Waals surface area contributed by atoms with E-state index in [9.17, 15) is 4.79 Å². The zero-order chi connectivity index (χ0) is 13.1. The summed E-state index contributed by atoms with van der Waals surface area (Å²) in [6, 6.07) is 2.19. The van der Waals surface area contributed by atoms with E-state index in [1.807, 2.05) is 0 Å². The van der Waals surface area contributed by atoms with Crippen LogP contribution in [0.25, 0.3) is 0 Å². The lowest BCUT2D eigenvalue weighted by atomic mass is 9.59. The van der Waals surface area contributed by atoms with Crippen LogP contribution >= 0.6 is 0 Å². The number of hydrogen-bond donors (Lipinski definition) is 0. The first-order valence-corrected chi connectivity index (χ1v) is 6.42. The molecule has 0 N–H and O–H groups in total. The van der Waals surface area contributed by atoms with Crippen molar-refractivity contribution < 1.29 is 4.79 Å². The molecule has 1 aliphatic rings. The number of carbonyl (C=O) groups is 1. The van der Waals surface area contributed by atoms with Gasteiger partial charge in [0.05, 0.1) is 6.07 Å². The molecule has 2 heteroatoms. The van der Waals surface area contributed by atoms with Crippen molar-refractivity contribution in [2.24, 2.45) is 10.8 Å². The second-order valence-electron chi connectivity index (χ2n) is 6.19. The molecule has 0 saturated heterocycles. The Balaban J connectivity index is 2.99. The SMILES string of the molecule is CC(=O)CCC1(C)CCCC(C)(C)C1=CC#N. The molecule has 0 aliphatic heterocycles. The number of allylic oxidation sites excluding steroid dienone is 2. The number of nitriles is 1. The lowest BCUT2D eigenvalue weighted by Crippen LogP contribution is -2.34. The Morgan fingerprint density at radius 2 is 2.06 bits per heavy atom. The Morgan fingerprint density at radius 1 is 1.41 bits per heavy atom. The van der Waals surface area contributed by atoms with Gasteiger partial charge in [-0.3, -0.25) is 0 Å². The maximum Gasteiger partial charge on any atom is 0.129 e. The van der Waals surface area contributed by atoms with Crippen LogP contribution in [0.2, 0.25) is 0 Å². The van der Waals surface area contributed by atoms with Crippen molar-refractivity contribution in [3.63, 3.8) is 0 Å². The highest BCUT2D eigenvalue weighted by Crippen LogP contribution is 2.52. The minimum atomic E-state index is 0.0309. The molecular weight excluding hydrogens is 210 g/mol. The Labute approximate surface area is 105 Å². The molecule has 0 heterocycles. The Bertz CT molecular complexity index is 373. The van der Waals surface area contributed by atoms with Crippen LogP contribution in [0.3, 0.4) is 0 Å². The average molecular weight is 233 g/mol. The first kappa shape index (κ1) is 14.0. The number of hydrogen-bond acceptors (Lipinski definition) is 2. The van der Waals surface area contributed by atoms with Gasteiger partial charge in [0, 0.05) is 12.5 Å². The van der Waals surface area contributed by atoms with Crippen LogP contribution < -0.4 is 0 Å². The van der Waals surface area contributed by atoms with Gasteiger partial charge in [-0.1, -0.05) is 27.2 Å². The molecule has 94 valence electrons. The molecule has 0 spiro atoms. The van der Waals surface area contributed by atoms with Crippen molar-refractivity contribution in [2.75, 3.05) is 0 Å². The van der Waals surface area contributed by atoms with Gasteiger partial charge in [-0.05, 0) is 42.6 Å². The molecule has 0 aromatic heterocycles. The summed E-state index contributed by atoms with van der Waals surface area (Å²) in [5.41, 5.74) is 1.36. The first-order valence-electron chi connectivity index (χ1n) is 6.42. The van der Waals surface area contributed by atoms with E-state index in [-0.39, 0.29) is 16.6 Å². The van der Waals surface area contributed by atoms with Crippen LogP contribution in [0.5, 0.6) is 0 Å². The van der Waals surface area contributed by atoms with Crippen LogP contribution in [0, 0.1) is 22.2 Å². The van der Waals surface area contributed by atoms with Gasteiger partial charge in [0.1, 0.15) is 5.78 Å². The van der Waals surface area contributed by atoms with Gasteiger partial charge < -0.3 is 4.79 Å². The summed E-state index contributed by atoms with van der Waals surface area (Å²) in [5, 5.41) is 8.97. The van der Waals surface area contributed by atoms with Gasteiger partial charge >= 0.3 is 0 Å². The predicted octanol–water partition coefficient (Wildman–Crippen LogP) is 4.02. The smallest absolute Gasteiger partial charge is 0.129 e. The molecule has 0 aromatic rings. The molecule has 1 rings (SSSR count). The van der Waals surface area contributed by atoms with Crippen LogP contribution in [-0.2, 0) is 4.79 Å². The van der Waals surface area contributed by atoms with Gasteiger partial charge in [0.2, 0.25) is 0 Å². The molecule has 0 bridgehead atoms. The van der Waals surface area contributed by atoms with Crippen molar-refractivity contribution in [3.8, 4) is 6.07 Å². The fraction of sp³-hybridized carbons (Fsp3) is 0.733. The number of ketones is 1. The van der Waals surface area contributed by atoms with E-state index in [0.717, 1.165) is 19.3 Å². The van der Waals surface area contributed by atoms with E-state index >= 15 is 0 Å². The Kier molecular flexibility index (Phi) is 4.14. The minimum Gasteiger partial charge on any atom is -0.300 e.